The number of rotatable bonds is 2. The van der Waals surface area contributed by atoms with E-state index in [1.54, 1.807) is 12.1 Å². The summed E-state index contributed by atoms with van der Waals surface area (Å²) in [6, 6.07) is 10.6. The van der Waals surface area contributed by atoms with E-state index in [2.05, 4.69) is 12.1 Å². The normalized spacial score (nSPS) is 18.4. The van der Waals surface area contributed by atoms with Gasteiger partial charge in [0.25, 0.3) is 0 Å². The van der Waals surface area contributed by atoms with Crippen LogP contribution in [0, 0.1) is 12.1 Å². The molecule has 0 fully saturated rings. The number of carbonyl (C=O) groups excluding carboxylic acids is 2. The van der Waals surface area contributed by atoms with Crippen LogP contribution in [-0.2, 0) is 16.1 Å². The fourth-order valence-electron chi connectivity index (χ4n) is 1.70. The fraction of sp³-hybridized carbons (Fsp3) is 0.286. The fourth-order valence-corrected chi connectivity index (χ4v) is 1.70. The summed E-state index contributed by atoms with van der Waals surface area (Å²) in [7, 11) is 0. The zero-order valence-electron chi connectivity index (χ0n) is 10.1. The molecule has 4 heteroatoms. The van der Waals surface area contributed by atoms with Crippen LogP contribution >= 0.6 is 0 Å². The standard InChI is InChI=1S/C14H13NO3/c1-11-9-13(16)7-8-15(11)14(17)18-10-12-5-3-2-4-6-12/h3,5-8,11H,9-10H2,1H3. The Kier molecular flexibility index (Phi) is 3.63. The predicted octanol–water partition coefficient (Wildman–Crippen LogP) is 2.10. The first-order chi connectivity index (χ1) is 8.66. The average Bonchev–Trinajstić information content (AvgIpc) is 2.37. The summed E-state index contributed by atoms with van der Waals surface area (Å²) in [5, 5.41) is 0. The van der Waals surface area contributed by atoms with Crippen molar-refractivity contribution >= 4 is 11.9 Å². The maximum atomic E-state index is 11.8. The Labute approximate surface area is 106 Å². The molecule has 92 valence electrons. The third-order valence-electron chi connectivity index (χ3n) is 2.69. The molecule has 1 unspecified atom stereocenters. The predicted molar refractivity (Wildman–Crippen MR) is 64.4 cm³/mol. The van der Waals surface area contributed by atoms with Gasteiger partial charge in [0.1, 0.15) is 6.61 Å². The van der Waals surface area contributed by atoms with Gasteiger partial charge >= 0.3 is 6.09 Å². The van der Waals surface area contributed by atoms with Crippen LogP contribution in [-0.4, -0.2) is 22.8 Å². The van der Waals surface area contributed by atoms with Crippen LogP contribution in [0.25, 0.3) is 0 Å². The molecule has 1 aliphatic heterocycles. The Morgan fingerprint density at radius 3 is 3.06 bits per heavy atom. The smallest absolute Gasteiger partial charge is 0.414 e. The molecule has 1 aliphatic rings. The van der Waals surface area contributed by atoms with Gasteiger partial charge in [-0.15, -0.1) is 0 Å². The second-order valence-electron chi connectivity index (χ2n) is 4.14. The van der Waals surface area contributed by atoms with Crippen LogP contribution in [0.5, 0.6) is 0 Å². The van der Waals surface area contributed by atoms with Crippen LogP contribution in [0.2, 0.25) is 0 Å². The number of hydrogen-bond donors (Lipinski definition) is 0. The molecule has 1 atom stereocenters. The van der Waals surface area contributed by atoms with Crippen molar-refractivity contribution in [3.05, 3.63) is 48.2 Å². The summed E-state index contributed by atoms with van der Waals surface area (Å²) >= 11 is 0. The largest absolute Gasteiger partial charge is 0.444 e. The Hall–Kier alpha value is -2.28. The SMILES string of the molecule is CC1CC(=O)C=CN1C(=O)OCc1cc#ccc1. The third-order valence-corrected chi connectivity index (χ3v) is 2.69. The molecule has 0 radical (unpaired) electrons. The van der Waals surface area contributed by atoms with Gasteiger partial charge in [-0.2, -0.15) is 0 Å². The molecule has 1 aromatic rings. The molecule has 0 bridgehead atoms. The van der Waals surface area contributed by atoms with E-state index < -0.39 is 6.09 Å². The monoisotopic (exact) mass is 243 g/mol. The van der Waals surface area contributed by atoms with Crippen LogP contribution in [0.3, 0.4) is 0 Å². The van der Waals surface area contributed by atoms with Crippen molar-refractivity contribution in [1.29, 1.82) is 0 Å². The van der Waals surface area contributed by atoms with Crippen molar-refractivity contribution in [1.82, 2.24) is 4.90 Å². The summed E-state index contributed by atoms with van der Waals surface area (Å²) in [5.41, 5.74) is 0.854. The van der Waals surface area contributed by atoms with Gasteiger partial charge in [-0.3, -0.25) is 9.69 Å². The minimum atomic E-state index is -0.445. The van der Waals surface area contributed by atoms with E-state index in [9.17, 15) is 9.59 Å². The van der Waals surface area contributed by atoms with Gasteiger partial charge in [-0.25, -0.2) is 4.79 Å². The summed E-state index contributed by atoms with van der Waals surface area (Å²) in [6.45, 7) is 2.00. The zero-order chi connectivity index (χ0) is 13.0. The highest BCUT2D eigenvalue weighted by atomic mass is 16.6. The molecule has 0 N–H and O–H groups in total. The van der Waals surface area contributed by atoms with E-state index >= 15 is 0 Å². The number of ether oxygens (including phenoxy) is 1. The molecule has 1 aromatic carbocycles. The Morgan fingerprint density at radius 1 is 1.56 bits per heavy atom. The van der Waals surface area contributed by atoms with Crippen molar-refractivity contribution in [3.8, 4) is 0 Å². The van der Waals surface area contributed by atoms with Crippen molar-refractivity contribution < 1.29 is 14.3 Å². The molecule has 1 amide bonds. The molecule has 2 rings (SSSR count). The van der Waals surface area contributed by atoms with E-state index in [0.717, 1.165) is 5.56 Å². The van der Waals surface area contributed by atoms with Gasteiger partial charge in [-0.1, -0.05) is 12.1 Å². The molecule has 0 aliphatic carbocycles. The van der Waals surface area contributed by atoms with Crippen LogP contribution in [0.15, 0.2) is 30.5 Å². The maximum Gasteiger partial charge on any atom is 0.414 e. The van der Waals surface area contributed by atoms with Gasteiger partial charge in [0, 0.05) is 18.7 Å². The van der Waals surface area contributed by atoms with E-state index in [1.807, 2.05) is 13.0 Å². The number of hydrogen-bond acceptors (Lipinski definition) is 3. The zero-order valence-corrected chi connectivity index (χ0v) is 10.1. The molecule has 0 saturated heterocycles. The first-order valence-electron chi connectivity index (χ1n) is 5.69. The molecular formula is C14H13NO3. The van der Waals surface area contributed by atoms with Gasteiger partial charge < -0.3 is 4.74 Å². The average molecular weight is 243 g/mol. The number of carbonyl (C=O) groups is 2. The maximum absolute atomic E-state index is 11.8. The molecular weight excluding hydrogens is 230 g/mol. The third kappa shape index (κ3) is 2.89. The lowest BCUT2D eigenvalue weighted by Crippen LogP contribution is -2.38. The molecule has 0 spiro atoms. The molecule has 1 heterocycles. The summed E-state index contributed by atoms with van der Waals surface area (Å²) in [6.07, 6.45) is 2.76. The van der Waals surface area contributed by atoms with Crippen molar-refractivity contribution in [3.63, 3.8) is 0 Å². The quantitative estimate of drug-likeness (QED) is 0.799. The lowest BCUT2D eigenvalue weighted by atomic mass is 10.1. The van der Waals surface area contributed by atoms with Crippen molar-refractivity contribution in [2.24, 2.45) is 0 Å². The van der Waals surface area contributed by atoms with Gasteiger partial charge in [0.2, 0.25) is 0 Å². The first kappa shape index (κ1) is 12.2. The number of amides is 1. The second-order valence-corrected chi connectivity index (χ2v) is 4.14. The van der Waals surface area contributed by atoms with E-state index in [4.69, 9.17) is 4.74 Å². The highest BCUT2D eigenvalue weighted by Gasteiger charge is 2.24. The second kappa shape index (κ2) is 5.37. The lowest BCUT2D eigenvalue weighted by Gasteiger charge is -2.27. The van der Waals surface area contributed by atoms with Gasteiger partial charge in [0.15, 0.2) is 5.78 Å². The molecule has 0 aromatic heterocycles. The van der Waals surface area contributed by atoms with Gasteiger partial charge in [0.05, 0.1) is 0 Å². The first-order valence-corrected chi connectivity index (χ1v) is 5.69. The lowest BCUT2D eigenvalue weighted by molar-refractivity contribution is -0.116. The van der Waals surface area contributed by atoms with E-state index in [0.29, 0.717) is 6.42 Å². The van der Waals surface area contributed by atoms with Crippen molar-refractivity contribution in [2.75, 3.05) is 0 Å². The minimum Gasteiger partial charge on any atom is -0.444 e. The summed E-state index contributed by atoms with van der Waals surface area (Å²) in [5.74, 6) is 0.0275. The highest BCUT2D eigenvalue weighted by molar-refractivity contribution is 5.92. The van der Waals surface area contributed by atoms with Crippen LogP contribution in [0.4, 0.5) is 4.79 Å². The van der Waals surface area contributed by atoms with E-state index in [1.165, 1.54) is 17.2 Å². The molecule has 18 heavy (non-hydrogen) atoms. The molecule has 0 saturated carbocycles. The van der Waals surface area contributed by atoms with Crippen molar-refractivity contribution in [2.45, 2.75) is 26.0 Å². The Balaban J connectivity index is 1.92. The number of allylic oxidation sites excluding steroid dienone is 1. The topological polar surface area (TPSA) is 46.6 Å². The van der Waals surface area contributed by atoms with Crippen LogP contribution in [0.1, 0.15) is 18.9 Å². The summed E-state index contributed by atoms with van der Waals surface area (Å²) in [4.78, 5) is 24.4. The Bertz CT molecular complexity index is 467. The molecule has 4 nitrogen and oxygen atoms in total. The number of nitrogens with zero attached hydrogens (tertiary/aromatic N) is 1. The number of ketones is 1. The highest BCUT2D eigenvalue weighted by Crippen LogP contribution is 2.14. The van der Waals surface area contributed by atoms with E-state index in [-0.39, 0.29) is 18.4 Å². The van der Waals surface area contributed by atoms with Gasteiger partial charge in [-0.05, 0) is 36.8 Å². The van der Waals surface area contributed by atoms with Crippen LogP contribution < -0.4 is 0 Å². The minimum absolute atomic E-state index is 0.0275. The summed E-state index contributed by atoms with van der Waals surface area (Å²) < 4.78 is 5.16. The Morgan fingerprint density at radius 2 is 2.39 bits per heavy atom.